The van der Waals surface area contributed by atoms with Crippen molar-refractivity contribution in [3.8, 4) is 11.5 Å². The summed E-state index contributed by atoms with van der Waals surface area (Å²) >= 11 is 0. The molecule has 0 aliphatic rings. The second-order valence-corrected chi connectivity index (χ2v) is 4.31. The predicted octanol–water partition coefficient (Wildman–Crippen LogP) is 5.32. The number of hydrogen-bond donors (Lipinski definition) is 0. The molecule has 21 heavy (non-hydrogen) atoms. The van der Waals surface area contributed by atoms with Crippen LogP contribution in [-0.4, -0.2) is 6.18 Å². The maximum absolute atomic E-state index is 13.3. The Labute approximate surface area is 118 Å². The predicted molar refractivity (Wildman–Crippen MR) is 67.4 cm³/mol. The van der Waals surface area contributed by atoms with E-state index in [1.807, 2.05) is 0 Å². The van der Waals surface area contributed by atoms with E-state index in [4.69, 9.17) is 4.74 Å². The topological polar surface area (TPSA) is 9.23 Å². The normalized spacial score (nSPS) is 12.3. The van der Waals surface area contributed by atoms with Gasteiger partial charge in [0, 0.05) is 5.56 Å². The van der Waals surface area contributed by atoms with Crippen LogP contribution in [0.25, 0.3) is 0 Å². The zero-order chi connectivity index (χ0) is 15.7. The second kappa shape index (κ2) is 5.35. The molecule has 0 aromatic heterocycles. The van der Waals surface area contributed by atoms with Crippen LogP contribution in [0.15, 0.2) is 48.5 Å². The fourth-order valence-electron chi connectivity index (χ4n) is 1.65. The highest BCUT2D eigenvalue weighted by Gasteiger charge is 2.58. The summed E-state index contributed by atoms with van der Waals surface area (Å²) in [5.74, 6) is -4.77. The van der Waals surface area contributed by atoms with Crippen LogP contribution in [0.1, 0.15) is 11.1 Å². The minimum Gasteiger partial charge on any atom is -0.457 e. The number of alkyl halides is 5. The molecule has 0 saturated heterocycles. The van der Waals surface area contributed by atoms with Gasteiger partial charge >= 0.3 is 12.1 Å². The third kappa shape index (κ3) is 3.15. The third-order valence-corrected chi connectivity index (χ3v) is 2.75. The zero-order valence-corrected chi connectivity index (χ0v) is 10.6. The third-order valence-electron chi connectivity index (χ3n) is 2.75. The van der Waals surface area contributed by atoms with E-state index in [1.165, 1.54) is 12.1 Å². The molecule has 0 bridgehead atoms. The van der Waals surface area contributed by atoms with Crippen LogP contribution in [0, 0.1) is 6.92 Å². The van der Waals surface area contributed by atoms with E-state index >= 15 is 0 Å². The van der Waals surface area contributed by atoms with Gasteiger partial charge in [-0.15, -0.1) is 0 Å². The van der Waals surface area contributed by atoms with Gasteiger partial charge < -0.3 is 4.74 Å². The van der Waals surface area contributed by atoms with Crippen LogP contribution in [0.5, 0.6) is 11.5 Å². The Morgan fingerprint density at radius 2 is 1.52 bits per heavy atom. The summed E-state index contributed by atoms with van der Waals surface area (Å²) in [6.07, 6.45) is -5.66. The molecule has 0 aliphatic heterocycles. The molecule has 0 atom stereocenters. The van der Waals surface area contributed by atoms with Crippen LogP contribution in [0.4, 0.5) is 22.0 Å². The van der Waals surface area contributed by atoms with Crippen molar-refractivity contribution >= 4 is 0 Å². The van der Waals surface area contributed by atoms with Crippen molar-refractivity contribution in [3.63, 3.8) is 0 Å². The molecule has 0 N–H and O–H groups in total. The van der Waals surface area contributed by atoms with Crippen molar-refractivity contribution in [2.75, 3.05) is 0 Å². The number of halogens is 5. The number of hydrogen-bond acceptors (Lipinski definition) is 1. The SMILES string of the molecule is [CH2]c1ccccc1Oc1cccc(C(F)(F)C(F)(F)F)c1. The molecule has 2 rings (SSSR count). The first-order valence-corrected chi connectivity index (χ1v) is 5.86. The minimum atomic E-state index is -5.66. The van der Waals surface area contributed by atoms with Gasteiger partial charge in [-0.1, -0.05) is 30.3 Å². The molecule has 0 amide bonds. The lowest BCUT2D eigenvalue weighted by Crippen LogP contribution is -2.33. The molecule has 0 aliphatic carbocycles. The lowest BCUT2D eigenvalue weighted by molar-refractivity contribution is -0.289. The molecule has 0 fully saturated rings. The van der Waals surface area contributed by atoms with Crippen molar-refractivity contribution < 1.29 is 26.7 Å². The summed E-state index contributed by atoms with van der Waals surface area (Å²) < 4.78 is 68.9. The maximum Gasteiger partial charge on any atom is 0.458 e. The molecule has 0 saturated carbocycles. The van der Waals surface area contributed by atoms with E-state index < -0.39 is 17.7 Å². The number of benzene rings is 2. The largest absolute Gasteiger partial charge is 0.458 e. The quantitative estimate of drug-likeness (QED) is 0.698. The van der Waals surface area contributed by atoms with Gasteiger partial charge in [-0.2, -0.15) is 22.0 Å². The van der Waals surface area contributed by atoms with Crippen LogP contribution < -0.4 is 4.74 Å². The first kappa shape index (κ1) is 15.3. The standard InChI is InChI=1S/C15H10F5O/c1-10-5-2-3-8-13(10)21-12-7-4-6-11(9-12)14(16,17)15(18,19)20/h2-9H,1H2. The van der Waals surface area contributed by atoms with Crippen molar-refractivity contribution in [1.29, 1.82) is 0 Å². The molecular formula is C15H10F5O. The smallest absolute Gasteiger partial charge is 0.457 e. The van der Waals surface area contributed by atoms with Crippen LogP contribution in [0.2, 0.25) is 0 Å². The van der Waals surface area contributed by atoms with Crippen molar-refractivity contribution in [3.05, 3.63) is 66.6 Å². The average Bonchev–Trinajstić information content (AvgIpc) is 2.40. The highest BCUT2D eigenvalue weighted by molar-refractivity contribution is 5.41. The van der Waals surface area contributed by atoms with Gasteiger partial charge in [0.2, 0.25) is 0 Å². The van der Waals surface area contributed by atoms with Gasteiger partial charge in [-0.25, -0.2) is 0 Å². The van der Waals surface area contributed by atoms with Gasteiger partial charge in [0.05, 0.1) is 0 Å². The zero-order valence-electron chi connectivity index (χ0n) is 10.6. The molecule has 2 aromatic rings. The lowest BCUT2D eigenvalue weighted by atomic mass is 10.1. The number of para-hydroxylation sites is 1. The van der Waals surface area contributed by atoms with Crippen LogP contribution in [0.3, 0.4) is 0 Å². The Bertz CT molecular complexity index is 634. The highest BCUT2D eigenvalue weighted by atomic mass is 19.4. The Hall–Kier alpha value is -2.11. The minimum absolute atomic E-state index is 0.118. The Morgan fingerprint density at radius 3 is 2.14 bits per heavy atom. The summed E-state index contributed by atoms with van der Waals surface area (Å²) in [4.78, 5) is 0. The molecule has 0 unspecified atom stereocenters. The van der Waals surface area contributed by atoms with Gasteiger partial charge in [0.25, 0.3) is 0 Å². The number of rotatable bonds is 3. The highest BCUT2D eigenvalue weighted by Crippen LogP contribution is 2.44. The van der Waals surface area contributed by atoms with E-state index in [1.54, 1.807) is 18.2 Å². The summed E-state index contributed by atoms with van der Waals surface area (Å²) in [5.41, 5.74) is -0.681. The molecule has 2 aromatic carbocycles. The summed E-state index contributed by atoms with van der Waals surface area (Å²) in [5, 5.41) is 0. The van der Waals surface area contributed by atoms with E-state index in [2.05, 4.69) is 6.92 Å². The monoisotopic (exact) mass is 301 g/mol. The van der Waals surface area contributed by atoms with E-state index in [9.17, 15) is 22.0 Å². The molecule has 0 heterocycles. The average molecular weight is 301 g/mol. The van der Waals surface area contributed by atoms with Gasteiger partial charge in [-0.05, 0) is 30.7 Å². The van der Waals surface area contributed by atoms with Crippen LogP contribution >= 0.6 is 0 Å². The molecule has 111 valence electrons. The van der Waals surface area contributed by atoms with Crippen molar-refractivity contribution in [1.82, 2.24) is 0 Å². The summed E-state index contributed by atoms with van der Waals surface area (Å²) in [6, 6.07) is 10.2. The lowest BCUT2D eigenvalue weighted by Gasteiger charge is -2.20. The first-order chi connectivity index (χ1) is 9.72. The molecule has 6 heteroatoms. The van der Waals surface area contributed by atoms with Crippen molar-refractivity contribution in [2.24, 2.45) is 0 Å². The van der Waals surface area contributed by atoms with Crippen molar-refractivity contribution in [2.45, 2.75) is 12.1 Å². The summed E-state index contributed by atoms with van der Waals surface area (Å²) in [7, 11) is 0. The van der Waals surface area contributed by atoms with Gasteiger partial charge in [-0.3, -0.25) is 0 Å². The van der Waals surface area contributed by atoms with Crippen LogP contribution in [-0.2, 0) is 5.92 Å². The number of ether oxygens (including phenoxy) is 1. The van der Waals surface area contributed by atoms with E-state index in [0.29, 0.717) is 17.7 Å². The fourth-order valence-corrected chi connectivity index (χ4v) is 1.65. The van der Waals surface area contributed by atoms with E-state index in [0.717, 1.165) is 6.07 Å². The molecule has 0 spiro atoms. The Kier molecular flexibility index (Phi) is 3.89. The molecule has 1 nitrogen and oxygen atoms in total. The second-order valence-electron chi connectivity index (χ2n) is 4.31. The van der Waals surface area contributed by atoms with Gasteiger partial charge in [0.1, 0.15) is 11.5 Å². The molecule has 1 radical (unpaired) electrons. The first-order valence-electron chi connectivity index (χ1n) is 5.86. The fraction of sp³-hybridized carbons (Fsp3) is 0.133. The summed E-state index contributed by atoms with van der Waals surface area (Å²) in [6.45, 7) is 3.67. The molecular weight excluding hydrogens is 291 g/mol. The van der Waals surface area contributed by atoms with Gasteiger partial charge in [0.15, 0.2) is 0 Å². The Balaban J connectivity index is 2.33. The van der Waals surface area contributed by atoms with E-state index in [-0.39, 0.29) is 11.5 Å². The maximum atomic E-state index is 13.3. The Morgan fingerprint density at radius 1 is 0.857 bits per heavy atom.